The van der Waals surface area contributed by atoms with E-state index >= 15 is 0 Å². The lowest BCUT2D eigenvalue weighted by Gasteiger charge is -2.22. The molecular weight excluding hydrogens is 314 g/mol. The number of carbonyl (C=O) groups excluding carboxylic acids is 1. The first-order chi connectivity index (χ1) is 11.9. The van der Waals surface area contributed by atoms with Gasteiger partial charge in [0.2, 0.25) is 0 Å². The Kier molecular flexibility index (Phi) is 6.08. The van der Waals surface area contributed by atoms with Crippen molar-refractivity contribution in [1.29, 1.82) is 0 Å². The summed E-state index contributed by atoms with van der Waals surface area (Å²) in [5.74, 6) is 6.94. The molecule has 2 rings (SSSR count). The Morgan fingerprint density at radius 3 is 2.24 bits per heavy atom. The molecule has 1 amide bonds. The molecule has 0 aliphatic heterocycles. The third kappa shape index (κ3) is 6.23. The minimum absolute atomic E-state index is 0.485. The molecule has 25 heavy (non-hydrogen) atoms. The molecule has 1 atom stereocenters. The van der Waals surface area contributed by atoms with Gasteiger partial charge in [-0.3, -0.25) is 0 Å². The van der Waals surface area contributed by atoms with Gasteiger partial charge in [0, 0.05) is 5.56 Å². The minimum atomic E-state index is -0.568. The molecule has 1 N–H and O–H groups in total. The predicted molar refractivity (Wildman–Crippen MR) is 98.4 cm³/mol. The van der Waals surface area contributed by atoms with E-state index in [0.717, 1.165) is 16.9 Å². The van der Waals surface area contributed by atoms with Gasteiger partial charge in [-0.05, 0) is 50.6 Å². The third-order valence-electron chi connectivity index (χ3n) is 3.24. The van der Waals surface area contributed by atoms with Gasteiger partial charge in [0.1, 0.15) is 17.4 Å². The van der Waals surface area contributed by atoms with Crippen LogP contribution in [0.5, 0.6) is 5.75 Å². The average Bonchev–Trinajstić information content (AvgIpc) is 2.58. The zero-order chi connectivity index (χ0) is 18.3. The van der Waals surface area contributed by atoms with Gasteiger partial charge in [-0.2, -0.15) is 0 Å². The summed E-state index contributed by atoms with van der Waals surface area (Å²) in [5, 5.41) is 2.82. The van der Waals surface area contributed by atoms with Crippen molar-refractivity contribution in [1.82, 2.24) is 5.32 Å². The van der Waals surface area contributed by atoms with Crippen molar-refractivity contribution in [2.24, 2.45) is 0 Å². The molecule has 0 fully saturated rings. The van der Waals surface area contributed by atoms with Crippen LogP contribution in [0.1, 0.15) is 37.9 Å². The van der Waals surface area contributed by atoms with Crippen molar-refractivity contribution >= 4 is 6.09 Å². The molecule has 2 aromatic carbocycles. The highest BCUT2D eigenvalue weighted by Gasteiger charge is 2.19. The van der Waals surface area contributed by atoms with Gasteiger partial charge in [0.05, 0.1) is 7.11 Å². The van der Waals surface area contributed by atoms with Crippen LogP contribution >= 0.6 is 0 Å². The smallest absolute Gasteiger partial charge is 0.408 e. The van der Waals surface area contributed by atoms with E-state index in [4.69, 9.17) is 9.47 Å². The van der Waals surface area contributed by atoms with Gasteiger partial charge >= 0.3 is 6.09 Å². The lowest BCUT2D eigenvalue weighted by Crippen LogP contribution is -2.34. The Morgan fingerprint density at radius 2 is 1.68 bits per heavy atom. The Bertz CT molecular complexity index is 750. The standard InChI is InChI=1S/C21H23NO3/c1-21(2,3)25-20(23)22-19(15-10-16-8-6-5-7-9-16)17-11-13-18(24-4)14-12-17/h5-9,11-14,19H,1-4H3,(H,22,23). The number of nitrogens with one attached hydrogen (secondary N) is 1. The fourth-order valence-corrected chi connectivity index (χ4v) is 2.10. The SMILES string of the molecule is COc1ccc(C(C#Cc2ccccc2)NC(=O)OC(C)(C)C)cc1. The van der Waals surface area contributed by atoms with Gasteiger partial charge in [-0.1, -0.05) is 42.2 Å². The molecule has 2 aromatic rings. The van der Waals surface area contributed by atoms with Crippen molar-refractivity contribution < 1.29 is 14.3 Å². The molecule has 4 heteroatoms. The molecule has 0 saturated heterocycles. The Labute approximate surface area is 149 Å². The molecule has 0 saturated carbocycles. The third-order valence-corrected chi connectivity index (χ3v) is 3.24. The van der Waals surface area contributed by atoms with E-state index < -0.39 is 17.7 Å². The zero-order valence-corrected chi connectivity index (χ0v) is 15.0. The van der Waals surface area contributed by atoms with Crippen LogP contribution in [0.25, 0.3) is 0 Å². The van der Waals surface area contributed by atoms with Crippen molar-refractivity contribution in [2.75, 3.05) is 7.11 Å². The van der Waals surface area contributed by atoms with E-state index in [0.29, 0.717) is 0 Å². The number of benzene rings is 2. The minimum Gasteiger partial charge on any atom is -0.497 e. The normalized spacial score (nSPS) is 11.7. The monoisotopic (exact) mass is 337 g/mol. The first kappa shape index (κ1) is 18.4. The molecule has 0 heterocycles. The van der Waals surface area contributed by atoms with Crippen LogP contribution in [-0.2, 0) is 4.74 Å². The molecule has 0 aliphatic rings. The van der Waals surface area contributed by atoms with E-state index in [1.165, 1.54) is 0 Å². The zero-order valence-electron chi connectivity index (χ0n) is 15.0. The molecule has 0 aliphatic carbocycles. The highest BCUT2D eigenvalue weighted by Crippen LogP contribution is 2.18. The molecule has 0 aromatic heterocycles. The maximum atomic E-state index is 12.2. The largest absolute Gasteiger partial charge is 0.497 e. The van der Waals surface area contributed by atoms with Crippen molar-refractivity contribution in [3.63, 3.8) is 0 Å². The van der Waals surface area contributed by atoms with Gasteiger partial charge < -0.3 is 14.8 Å². The van der Waals surface area contributed by atoms with Crippen LogP contribution in [0.2, 0.25) is 0 Å². The molecule has 0 spiro atoms. The summed E-state index contributed by atoms with van der Waals surface area (Å²) in [6.45, 7) is 5.47. The molecule has 0 bridgehead atoms. The summed E-state index contributed by atoms with van der Waals surface area (Å²) in [6.07, 6.45) is -0.504. The molecule has 1 unspecified atom stereocenters. The van der Waals surface area contributed by atoms with Crippen LogP contribution in [-0.4, -0.2) is 18.8 Å². The second kappa shape index (κ2) is 8.25. The fraction of sp³-hybridized carbons (Fsp3) is 0.286. The summed E-state index contributed by atoms with van der Waals surface area (Å²) in [6, 6.07) is 16.6. The highest BCUT2D eigenvalue weighted by molar-refractivity contribution is 5.69. The number of ether oxygens (including phenoxy) is 2. The van der Waals surface area contributed by atoms with E-state index in [1.54, 1.807) is 7.11 Å². The highest BCUT2D eigenvalue weighted by atomic mass is 16.6. The van der Waals surface area contributed by atoms with Gasteiger partial charge in [-0.15, -0.1) is 0 Å². The van der Waals surface area contributed by atoms with E-state index in [-0.39, 0.29) is 0 Å². The summed E-state index contributed by atoms with van der Waals surface area (Å²) >= 11 is 0. The summed E-state index contributed by atoms with van der Waals surface area (Å²) in [5.41, 5.74) is 1.17. The van der Waals surface area contributed by atoms with Crippen LogP contribution < -0.4 is 10.1 Å². The summed E-state index contributed by atoms with van der Waals surface area (Å²) < 4.78 is 10.5. The second-order valence-corrected chi connectivity index (χ2v) is 6.49. The molecule has 4 nitrogen and oxygen atoms in total. The van der Waals surface area contributed by atoms with Crippen LogP contribution in [0.3, 0.4) is 0 Å². The van der Waals surface area contributed by atoms with Gasteiger partial charge in [0.15, 0.2) is 0 Å². The number of amides is 1. The van der Waals surface area contributed by atoms with E-state index in [1.807, 2.05) is 75.4 Å². The number of hydrogen-bond acceptors (Lipinski definition) is 3. The fourth-order valence-electron chi connectivity index (χ4n) is 2.10. The maximum absolute atomic E-state index is 12.2. The molecular formula is C21H23NO3. The number of carbonyl (C=O) groups is 1. The topological polar surface area (TPSA) is 47.6 Å². The Balaban J connectivity index is 2.24. The molecule has 0 radical (unpaired) electrons. The van der Waals surface area contributed by atoms with Gasteiger partial charge in [0.25, 0.3) is 0 Å². The van der Waals surface area contributed by atoms with E-state index in [2.05, 4.69) is 17.2 Å². The summed E-state index contributed by atoms with van der Waals surface area (Å²) in [4.78, 5) is 12.2. The maximum Gasteiger partial charge on any atom is 0.408 e. The van der Waals surface area contributed by atoms with Crippen LogP contribution in [0.15, 0.2) is 54.6 Å². The van der Waals surface area contributed by atoms with Crippen LogP contribution in [0.4, 0.5) is 4.79 Å². The van der Waals surface area contributed by atoms with E-state index in [9.17, 15) is 4.79 Å². The lowest BCUT2D eigenvalue weighted by atomic mass is 10.1. The van der Waals surface area contributed by atoms with Crippen molar-refractivity contribution in [2.45, 2.75) is 32.4 Å². The Hall–Kier alpha value is -2.93. The van der Waals surface area contributed by atoms with Crippen molar-refractivity contribution in [3.8, 4) is 17.6 Å². The second-order valence-electron chi connectivity index (χ2n) is 6.49. The number of methoxy groups -OCH3 is 1. The summed E-state index contributed by atoms with van der Waals surface area (Å²) in [7, 11) is 1.61. The average molecular weight is 337 g/mol. The first-order valence-corrected chi connectivity index (χ1v) is 8.07. The van der Waals surface area contributed by atoms with Gasteiger partial charge in [-0.25, -0.2) is 4.79 Å². The lowest BCUT2D eigenvalue weighted by molar-refractivity contribution is 0.0516. The first-order valence-electron chi connectivity index (χ1n) is 8.07. The predicted octanol–water partition coefficient (Wildman–Crippen LogP) is 4.31. The Morgan fingerprint density at radius 1 is 1.04 bits per heavy atom. The molecule has 130 valence electrons. The number of alkyl carbamates (subject to hydrolysis) is 1. The quantitative estimate of drug-likeness (QED) is 0.849. The van der Waals surface area contributed by atoms with Crippen molar-refractivity contribution in [3.05, 3.63) is 65.7 Å². The number of rotatable bonds is 3. The number of hydrogen-bond donors (Lipinski definition) is 1. The van der Waals surface area contributed by atoms with Crippen LogP contribution in [0, 0.1) is 11.8 Å².